The lowest BCUT2D eigenvalue weighted by molar-refractivity contribution is 0.179. The van der Waals surface area contributed by atoms with Crippen molar-refractivity contribution < 1.29 is 4.52 Å². The van der Waals surface area contributed by atoms with Crippen LogP contribution < -0.4 is 0 Å². The maximum atomic E-state index is 5.40. The predicted molar refractivity (Wildman–Crippen MR) is 73.8 cm³/mol. The SMILES string of the molecule is C[C@@H](c1nc(-c2cnccn2)no1)N1CCCCCC1. The molecule has 1 aliphatic heterocycles. The molecule has 6 heteroatoms. The van der Waals surface area contributed by atoms with Crippen LogP contribution in [0.4, 0.5) is 0 Å². The molecule has 2 aromatic heterocycles. The number of hydrogen-bond acceptors (Lipinski definition) is 6. The zero-order valence-electron chi connectivity index (χ0n) is 11.7. The standard InChI is InChI=1S/C14H19N5O/c1-11(19-8-4-2-3-5-9-19)14-17-13(18-20-14)12-10-15-6-7-16-12/h6-7,10-11H,2-5,8-9H2,1H3/t11-/m0/s1. The highest BCUT2D eigenvalue weighted by molar-refractivity contribution is 5.45. The van der Waals surface area contributed by atoms with E-state index in [2.05, 4.69) is 31.9 Å². The maximum Gasteiger partial charge on any atom is 0.244 e. The van der Waals surface area contributed by atoms with Gasteiger partial charge in [-0.2, -0.15) is 4.98 Å². The second kappa shape index (κ2) is 6.09. The van der Waals surface area contributed by atoms with Gasteiger partial charge in [0, 0.05) is 12.4 Å². The summed E-state index contributed by atoms with van der Waals surface area (Å²) in [5.74, 6) is 1.17. The van der Waals surface area contributed by atoms with Gasteiger partial charge in [-0.1, -0.05) is 18.0 Å². The smallest absolute Gasteiger partial charge is 0.244 e. The van der Waals surface area contributed by atoms with Crippen LogP contribution in [0.25, 0.3) is 11.5 Å². The van der Waals surface area contributed by atoms with Crippen molar-refractivity contribution in [2.24, 2.45) is 0 Å². The van der Waals surface area contributed by atoms with Crippen LogP contribution in [0.2, 0.25) is 0 Å². The minimum Gasteiger partial charge on any atom is -0.337 e. The third kappa shape index (κ3) is 2.85. The van der Waals surface area contributed by atoms with Crippen LogP contribution in [-0.4, -0.2) is 38.1 Å². The zero-order chi connectivity index (χ0) is 13.8. The van der Waals surface area contributed by atoms with E-state index < -0.39 is 0 Å². The van der Waals surface area contributed by atoms with Crippen molar-refractivity contribution in [1.29, 1.82) is 0 Å². The van der Waals surface area contributed by atoms with Gasteiger partial charge in [-0.05, 0) is 32.9 Å². The van der Waals surface area contributed by atoms with Crippen LogP contribution in [0.5, 0.6) is 0 Å². The van der Waals surface area contributed by atoms with Crippen LogP contribution in [0.1, 0.15) is 44.5 Å². The molecule has 0 saturated carbocycles. The summed E-state index contributed by atoms with van der Waals surface area (Å²) in [4.78, 5) is 15.1. The molecule has 2 aromatic rings. The minimum absolute atomic E-state index is 0.158. The third-order valence-corrected chi connectivity index (χ3v) is 3.78. The lowest BCUT2D eigenvalue weighted by Gasteiger charge is -2.24. The molecule has 0 aliphatic carbocycles. The first kappa shape index (κ1) is 13.2. The third-order valence-electron chi connectivity index (χ3n) is 3.78. The fourth-order valence-corrected chi connectivity index (χ4v) is 2.56. The molecule has 0 unspecified atom stereocenters. The molecular formula is C14H19N5O. The molecular weight excluding hydrogens is 254 g/mol. The average Bonchev–Trinajstić information content (AvgIpc) is 2.83. The molecule has 1 aliphatic rings. The number of hydrogen-bond donors (Lipinski definition) is 0. The van der Waals surface area contributed by atoms with Gasteiger partial charge in [-0.25, -0.2) is 4.98 Å². The highest BCUT2D eigenvalue weighted by Crippen LogP contribution is 2.23. The topological polar surface area (TPSA) is 67.9 Å². The van der Waals surface area contributed by atoms with Crippen LogP contribution in [0, 0.1) is 0 Å². The number of likely N-dealkylation sites (tertiary alicyclic amines) is 1. The summed E-state index contributed by atoms with van der Waals surface area (Å²) in [5, 5.41) is 4.01. The molecule has 20 heavy (non-hydrogen) atoms. The number of nitrogens with zero attached hydrogens (tertiary/aromatic N) is 5. The van der Waals surface area contributed by atoms with Crippen LogP contribution in [-0.2, 0) is 0 Å². The van der Waals surface area contributed by atoms with E-state index in [1.54, 1.807) is 18.6 Å². The average molecular weight is 273 g/mol. The number of aromatic nitrogens is 4. The summed E-state index contributed by atoms with van der Waals surface area (Å²) in [7, 11) is 0. The van der Waals surface area contributed by atoms with Crippen molar-refractivity contribution in [3.05, 3.63) is 24.5 Å². The van der Waals surface area contributed by atoms with Gasteiger partial charge in [-0.3, -0.25) is 9.88 Å². The molecule has 0 bridgehead atoms. The second-order valence-electron chi connectivity index (χ2n) is 5.17. The monoisotopic (exact) mass is 273 g/mol. The first-order valence-corrected chi connectivity index (χ1v) is 7.18. The lowest BCUT2D eigenvalue weighted by atomic mass is 10.2. The van der Waals surface area contributed by atoms with Gasteiger partial charge >= 0.3 is 0 Å². The van der Waals surface area contributed by atoms with Crippen molar-refractivity contribution in [2.75, 3.05) is 13.1 Å². The second-order valence-corrected chi connectivity index (χ2v) is 5.17. The summed E-state index contributed by atoms with van der Waals surface area (Å²) >= 11 is 0. The summed E-state index contributed by atoms with van der Waals surface area (Å²) in [5.41, 5.74) is 0.644. The van der Waals surface area contributed by atoms with Gasteiger partial charge in [0.05, 0.1) is 12.2 Å². The Morgan fingerprint density at radius 3 is 2.65 bits per heavy atom. The first-order valence-electron chi connectivity index (χ1n) is 7.18. The lowest BCUT2D eigenvalue weighted by Crippen LogP contribution is -2.28. The van der Waals surface area contributed by atoms with Crippen LogP contribution in [0.3, 0.4) is 0 Å². The van der Waals surface area contributed by atoms with E-state index in [-0.39, 0.29) is 6.04 Å². The Hall–Kier alpha value is -1.82. The van der Waals surface area contributed by atoms with Gasteiger partial charge in [0.25, 0.3) is 0 Å². The summed E-state index contributed by atoms with van der Waals surface area (Å²) in [6.45, 7) is 4.33. The highest BCUT2D eigenvalue weighted by Gasteiger charge is 2.23. The molecule has 1 fully saturated rings. The van der Waals surface area contributed by atoms with Gasteiger partial charge < -0.3 is 4.52 Å². The van der Waals surface area contributed by atoms with E-state index in [0.717, 1.165) is 13.1 Å². The normalized spacial score (nSPS) is 18.6. The van der Waals surface area contributed by atoms with Gasteiger partial charge in [0.1, 0.15) is 5.69 Å². The first-order chi connectivity index (χ1) is 9.84. The van der Waals surface area contributed by atoms with Crippen molar-refractivity contribution in [3.63, 3.8) is 0 Å². The largest absolute Gasteiger partial charge is 0.337 e. The van der Waals surface area contributed by atoms with Gasteiger partial charge in [-0.15, -0.1) is 0 Å². The van der Waals surface area contributed by atoms with E-state index in [4.69, 9.17) is 4.52 Å². The van der Waals surface area contributed by atoms with Crippen molar-refractivity contribution in [1.82, 2.24) is 25.0 Å². The van der Waals surface area contributed by atoms with E-state index >= 15 is 0 Å². The Balaban J connectivity index is 1.75. The van der Waals surface area contributed by atoms with E-state index in [1.807, 2.05) is 0 Å². The molecule has 3 heterocycles. The fourth-order valence-electron chi connectivity index (χ4n) is 2.56. The fraction of sp³-hybridized carbons (Fsp3) is 0.571. The van der Waals surface area contributed by atoms with E-state index in [1.165, 1.54) is 25.7 Å². The molecule has 106 valence electrons. The summed E-state index contributed by atoms with van der Waals surface area (Å²) in [6.07, 6.45) is 10.0. The zero-order valence-corrected chi connectivity index (χ0v) is 11.7. The molecule has 1 atom stereocenters. The molecule has 0 radical (unpaired) electrons. The number of rotatable bonds is 3. The Kier molecular flexibility index (Phi) is 4.01. The Morgan fingerprint density at radius 1 is 1.15 bits per heavy atom. The Bertz CT molecular complexity index is 534. The molecule has 0 aromatic carbocycles. The van der Waals surface area contributed by atoms with E-state index in [9.17, 15) is 0 Å². The Labute approximate surface area is 118 Å². The summed E-state index contributed by atoms with van der Waals surface area (Å²) < 4.78 is 5.40. The molecule has 0 N–H and O–H groups in total. The van der Waals surface area contributed by atoms with Gasteiger partial charge in [0.15, 0.2) is 0 Å². The van der Waals surface area contributed by atoms with E-state index in [0.29, 0.717) is 17.4 Å². The van der Waals surface area contributed by atoms with Crippen LogP contribution in [0.15, 0.2) is 23.1 Å². The molecule has 0 amide bonds. The van der Waals surface area contributed by atoms with Crippen LogP contribution >= 0.6 is 0 Å². The Morgan fingerprint density at radius 2 is 1.95 bits per heavy atom. The summed E-state index contributed by atoms with van der Waals surface area (Å²) in [6, 6.07) is 0.158. The van der Waals surface area contributed by atoms with Crippen molar-refractivity contribution in [2.45, 2.75) is 38.6 Å². The predicted octanol–water partition coefficient (Wildman–Crippen LogP) is 2.46. The minimum atomic E-state index is 0.158. The quantitative estimate of drug-likeness (QED) is 0.855. The van der Waals surface area contributed by atoms with Crippen molar-refractivity contribution in [3.8, 4) is 11.5 Å². The maximum absolute atomic E-state index is 5.40. The van der Waals surface area contributed by atoms with Crippen molar-refractivity contribution >= 4 is 0 Å². The molecule has 0 spiro atoms. The highest BCUT2D eigenvalue weighted by atomic mass is 16.5. The van der Waals surface area contributed by atoms with Gasteiger partial charge in [0.2, 0.25) is 11.7 Å². The molecule has 1 saturated heterocycles. The molecule has 6 nitrogen and oxygen atoms in total. The molecule has 3 rings (SSSR count).